The second-order valence-electron chi connectivity index (χ2n) is 6.32. The first-order valence-corrected chi connectivity index (χ1v) is 9.04. The molecule has 0 spiro atoms. The lowest BCUT2D eigenvalue weighted by Crippen LogP contribution is -2.46. The fourth-order valence-electron chi connectivity index (χ4n) is 3.14. The van der Waals surface area contributed by atoms with Crippen molar-refractivity contribution in [1.29, 1.82) is 0 Å². The molecule has 2 aromatic rings. The number of hydrogen-bond donors (Lipinski definition) is 1. The summed E-state index contributed by atoms with van der Waals surface area (Å²) in [4.78, 5) is 21.5. The Morgan fingerprint density at radius 1 is 1.15 bits per heavy atom. The minimum absolute atomic E-state index is 0.182. The Labute approximate surface area is 154 Å². The van der Waals surface area contributed by atoms with Gasteiger partial charge in [-0.3, -0.25) is 4.79 Å². The molecular formula is C20H26N4O2. The van der Waals surface area contributed by atoms with Gasteiger partial charge in [0.05, 0.1) is 19.0 Å². The molecule has 1 aliphatic rings. The highest BCUT2D eigenvalue weighted by Crippen LogP contribution is 2.18. The van der Waals surface area contributed by atoms with Crippen molar-refractivity contribution in [1.82, 2.24) is 15.2 Å². The van der Waals surface area contributed by atoms with E-state index in [2.05, 4.69) is 27.0 Å². The summed E-state index contributed by atoms with van der Waals surface area (Å²) < 4.78 is 5.31. The molecule has 0 aliphatic carbocycles. The molecule has 0 saturated carbocycles. The number of hydrogen-bond acceptors (Lipinski definition) is 5. The Balaban J connectivity index is 1.57. The average Bonchev–Trinajstić information content (AvgIpc) is 2.72. The van der Waals surface area contributed by atoms with E-state index in [-0.39, 0.29) is 5.91 Å². The maximum atomic E-state index is 12.4. The third-order valence-corrected chi connectivity index (χ3v) is 4.80. The van der Waals surface area contributed by atoms with E-state index in [4.69, 9.17) is 4.74 Å². The van der Waals surface area contributed by atoms with Gasteiger partial charge in [0.25, 0.3) is 5.91 Å². The van der Waals surface area contributed by atoms with E-state index in [1.807, 2.05) is 30.3 Å². The molecule has 1 aromatic heterocycles. The number of aromatic nitrogens is 1. The van der Waals surface area contributed by atoms with Crippen LogP contribution in [-0.2, 0) is 6.54 Å². The summed E-state index contributed by atoms with van der Waals surface area (Å²) in [5.41, 5.74) is 2.44. The van der Waals surface area contributed by atoms with Crippen LogP contribution in [0.2, 0.25) is 0 Å². The number of rotatable bonds is 6. The number of likely N-dealkylation sites (N-methyl/N-ethyl adjacent to an activating group) is 1. The molecule has 6 heteroatoms. The van der Waals surface area contributed by atoms with Crippen LogP contribution in [0.5, 0.6) is 5.75 Å². The largest absolute Gasteiger partial charge is 0.496 e. The van der Waals surface area contributed by atoms with Crippen molar-refractivity contribution >= 4 is 11.6 Å². The van der Waals surface area contributed by atoms with Crippen molar-refractivity contribution in [2.75, 3.05) is 44.7 Å². The predicted molar refractivity (Wildman–Crippen MR) is 103 cm³/mol. The van der Waals surface area contributed by atoms with Crippen LogP contribution < -0.4 is 15.0 Å². The van der Waals surface area contributed by atoms with Crippen molar-refractivity contribution in [2.24, 2.45) is 0 Å². The average molecular weight is 354 g/mol. The van der Waals surface area contributed by atoms with E-state index in [9.17, 15) is 4.79 Å². The molecule has 6 nitrogen and oxygen atoms in total. The van der Waals surface area contributed by atoms with Gasteiger partial charge in [-0.1, -0.05) is 25.1 Å². The highest BCUT2D eigenvalue weighted by atomic mass is 16.5. The number of ether oxygens (including phenoxy) is 1. The quantitative estimate of drug-likeness (QED) is 0.862. The Morgan fingerprint density at radius 3 is 2.58 bits per heavy atom. The summed E-state index contributed by atoms with van der Waals surface area (Å²) >= 11 is 0. The summed E-state index contributed by atoms with van der Waals surface area (Å²) in [5.74, 6) is 0.584. The van der Waals surface area contributed by atoms with Crippen molar-refractivity contribution in [3.8, 4) is 5.75 Å². The minimum Gasteiger partial charge on any atom is -0.496 e. The number of anilines is 1. The van der Waals surface area contributed by atoms with Gasteiger partial charge in [-0.15, -0.1) is 0 Å². The molecule has 1 aromatic carbocycles. The topological polar surface area (TPSA) is 57.7 Å². The van der Waals surface area contributed by atoms with Gasteiger partial charge in [0.1, 0.15) is 11.4 Å². The Kier molecular flexibility index (Phi) is 6.07. The number of piperazine rings is 1. The normalized spacial score (nSPS) is 14.9. The van der Waals surface area contributed by atoms with Crippen molar-refractivity contribution in [3.05, 3.63) is 53.9 Å². The SMILES string of the molecule is CCN1CCN(c2ccc(C(=O)NCc3ccccc3OC)nc2)CC1. The Hall–Kier alpha value is -2.60. The highest BCUT2D eigenvalue weighted by Gasteiger charge is 2.16. The second kappa shape index (κ2) is 8.67. The van der Waals surface area contributed by atoms with Crippen molar-refractivity contribution in [3.63, 3.8) is 0 Å². The maximum Gasteiger partial charge on any atom is 0.270 e. The highest BCUT2D eigenvalue weighted by molar-refractivity contribution is 5.92. The molecule has 0 atom stereocenters. The zero-order valence-electron chi connectivity index (χ0n) is 15.4. The number of nitrogens with one attached hydrogen (secondary N) is 1. The van der Waals surface area contributed by atoms with Crippen LogP contribution in [-0.4, -0.2) is 55.6 Å². The number of benzene rings is 1. The van der Waals surface area contributed by atoms with E-state index >= 15 is 0 Å². The maximum absolute atomic E-state index is 12.4. The van der Waals surface area contributed by atoms with Gasteiger partial charge in [0, 0.05) is 38.3 Å². The zero-order chi connectivity index (χ0) is 18.4. The molecule has 0 radical (unpaired) electrons. The number of methoxy groups -OCH3 is 1. The summed E-state index contributed by atoms with van der Waals surface area (Å²) in [6.45, 7) is 7.82. The smallest absolute Gasteiger partial charge is 0.270 e. The molecule has 3 rings (SSSR count). The van der Waals surface area contributed by atoms with Gasteiger partial charge >= 0.3 is 0 Å². The van der Waals surface area contributed by atoms with E-state index in [0.29, 0.717) is 12.2 Å². The summed E-state index contributed by atoms with van der Waals surface area (Å²) in [6.07, 6.45) is 1.79. The lowest BCUT2D eigenvalue weighted by molar-refractivity contribution is 0.0945. The molecular weight excluding hydrogens is 328 g/mol. The molecule has 0 unspecified atom stereocenters. The Bertz CT molecular complexity index is 725. The third kappa shape index (κ3) is 4.32. The monoisotopic (exact) mass is 354 g/mol. The number of carbonyl (C=O) groups is 1. The number of amides is 1. The van der Waals surface area contributed by atoms with Gasteiger partial charge in [-0.25, -0.2) is 4.98 Å². The van der Waals surface area contributed by atoms with Crippen LogP contribution >= 0.6 is 0 Å². The van der Waals surface area contributed by atoms with Gasteiger partial charge < -0.3 is 19.9 Å². The predicted octanol–water partition coefficient (Wildman–Crippen LogP) is 2.16. The molecule has 26 heavy (non-hydrogen) atoms. The van der Waals surface area contributed by atoms with Crippen molar-refractivity contribution < 1.29 is 9.53 Å². The van der Waals surface area contributed by atoms with Gasteiger partial charge in [0.2, 0.25) is 0 Å². The molecule has 1 fully saturated rings. The number of pyridine rings is 1. The lowest BCUT2D eigenvalue weighted by Gasteiger charge is -2.35. The minimum atomic E-state index is -0.182. The molecule has 1 amide bonds. The fraction of sp³-hybridized carbons (Fsp3) is 0.400. The fourth-order valence-corrected chi connectivity index (χ4v) is 3.14. The van der Waals surface area contributed by atoms with Crippen LogP contribution in [0, 0.1) is 0 Å². The lowest BCUT2D eigenvalue weighted by atomic mass is 10.2. The van der Waals surface area contributed by atoms with Gasteiger partial charge in [-0.2, -0.15) is 0 Å². The van der Waals surface area contributed by atoms with Crippen LogP contribution in [0.15, 0.2) is 42.6 Å². The first-order valence-electron chi connectivity index (χ1n) is 9.04. The van der Waals surface area contributed by atoms with Crippen LogP contribution in [0.3, 0.4) is 0 Å². The first kappa shape index (κ1) is 18.2. The number of para-hydroxylation sites is 1. The van der Waals surface area contributed by atoms with Gasteiger partial charge in [0.15, 0.2) is 0 Å². The Morgan fingerprint density at radius 2 is 1.92 bits per heavy atom. The van der Waals surface area contributed by atoms with E-state index < -0.39 is 0 Å². The summed E-state index contributed by atoms with van der Waals surface area (Å²) in [7, 11) is 1.63. The molecule has 138 valence electrons. The molecule has 1 aliphatic heterocycles. The van der Waals surface area contributed by atoms with Gasteiger partial charge in [-0.05, 0) is 24.7 Å². The number of carbonyl (C=O) groups excluding carboxylic acids is 1. The molecule has 1 saturated heterocycles. The van der Waals surface area contributed by atoms with E-state index in [0.717, 1.165) is 49.7 Å². The first-order chi connectivity index (χ1) is 12.7. The molecule has 2 heterocycles. The van der Waals surface area contributed by atoms with E-state index in [1.54, 1.807) is 19.4 Å². The van der Waals surface area contributed by atoms with E-state index in [1.165, 1.54) is 0 Å². The van der Waals surface area contributed by atoms with Crippen LogP contribution in [0.4, 0.5) is 5.69 Å². The number of nitrogens with zero attached hydrogens (tertiary/aromatic N) is 3. The van der Waals surface area contributed by atoms with Crippen LogP contribution in [0.1, 0.15) is 23.0 Å². The standard InChI is InChI=1S/C20H26N4O2/c1-3-23-10-12-24(13-11-23)17-8-9-18(21-15-17)20(25)22-14-16-6-4-5-7-19(16)26-2/h4-9,15H,3,10-14H2,1-2H3,(H,22,25). The zero-order valence-corrected chi connectivity index (χ0v) is 15.4. The summed E-state index contributed by atoms with van der Waals surface area (Å²) in [5, 5.41) is 2.90. The second-order valence-corrected chi connectivity index (χ2v) is 6.32. The summed E-state index contributed by atoms with van der Waals surface area (Å²) in [6, 6.07) is 11.4. The van der Waals surface area contributed by atoms with Crippen LogP contribution in [0.25, 0.3) is 0 Å². The molecule has 1 N–H and O–H groups in total. The molecule has 0 bridgehead atoms. The van der Waals surface area contributed by atoms with Crippen molar-refractivity contribution in [2.45, 2.75) is 13.5 Å². The third-order valence-electron chi connectivity index (χ3n) is 4.80.